The van der Waals surface area contributed by atoms with Crippen molar-refractivity contribution < 1.29 is 4.79 Å². The van der Waals surface area contributed by atoms with Gasteiger partial charge in [0.25, 0.3) is 0 Å². The molecule has 9 heteroatoms. The second-order valence-electron chi connectivity index (χ2n) is 6.34. The molecule has 2 aromatic rings. The van der Waals surface area contributed by atoms with Crippen LogP contribution in [0.2, 0.25) is 0 Å². The highest BCUT2D eigenvalue weighted by atomic mass is 16.1. The van der Waals surface area contributed by atoms with Crippen molar-refractivity contribution >= 4 is 30.6 Å². The zero-order valence-electron chi connectivity index (χ0n) is 16.6. The number of nitrogens with one attached hydrogen (secondary N) is 1. The van der Waals surface area contributed by atoms with Crippen LogP contribution in [-0.4, -0.2) is 59.0 Å². The zero-order chi connectivity index (χ0) is 21.4. The molecule has 2 rings (SSSR count). The Morgan fingerprint density at radius 2 is 2.21 bits per heavy atom. The summed E-state index contributed by atoms with van der Waals surface area (Å²) < 4.78 is 1.78. The summed E-state index contributed by atoms with van der Waals surface area (Å²) in [5, 5.41) is 14.1. The summed E-state index contributed by atoms with van der Waals surface area (Å²) in [6.07, 6.45) is 9.32. The number of hydrogen-bond donors (Lipinski definition) is 3. The number of aromatic nitrogens is 2. The van der Waals surface area contributed by atoms with Gasteiger partial charge >= 0.3 is 0 Å². The number of aliphatic imine (C=N–C) groups is 1. The summed E-state index contributed by atoms with van der Waals surface area (Å²) in [6.45, 7) is 6.04. The zero-order valence-corrected chi connectivity index (χ0v) is 16.6. The number of aldehydes is 1. The molecule has 0 bridgehead atoms. The second-order valence-corrected chi connectivity index (χ2v) is 6.34. The molecule has 0 fully saturated rings. The molecule has 0 saturated heterocycles. The van der Waals surface area contributed by atoms with Gasteiger partial charge in [0.15, 0.2) is 6.29 Å². The molecule has 0 radical (unpaired) electrons. The molecule has 0 aliphatic carbocycles. The van der Waals surface area contributed by atoms with E-state index in [1.165, 1.54) is 6.21 Å². The lowest BCUT2D eigenvalue weighted by Crippen LogP contribution is -2.41. The minimum Gasteiger partial charge on any atom is -0.398 e. The summed E-state index contributed by atoms with van der Waals surface area (Å²) in [5.41, 5.74) is 15.3. The van der Waals surface area contributed by atoms with Crippen LogP contribution in [0.3, 0.4) is 0 Å². The SMILES string of the molecule is C=NN(Cc1cn2cc(C=O)ccc2n1)CC(N)C(=N)C(/C=N\C)=C(N)\C=C/C. The van der Waals surface area contributed by atoms with Crippen molar-refractivity contribution in [2.24, 2.45) is 21.6 Å². The van der Waals surface area contributed by atoms with Gasteiger partial charge in [0.05, 0.1) is 30.5 Å². The van der Waals surface area contributed by atoms with E-state index in [0.717, 1.165) is 17.6 Å². The van der Waals surface area contributed by atoms with Gasteiger partial charge < -0.3 is 21.3 Å². The van der Waals surface area contributed by atoms with Crippen LogP contribution in [0.5, 0.6) is 0 Å². The number of nitrogens with zero attached hydrogens (tertiary/aromatic N) is 5. The third-order valence-corrected chi connectivity index (χ3v) is 4.19. The van der Waals surface area contributed by atoms with E-state index in [9.17, 15) is 4.79 Å². The lowest BCUT2D eigenvalue weighted by Gasteiger charge is -2.23. The third kappa shape index (κ3) is 5.45. The molecule has 152 valence electrons. The number of nitrogens with two attached hydrogens (primary N) is 2. The van der Waals surface area contributed by atoms with Crippen molar-refractivity contribution in [3.8, 4) is 0 Å². The largest absolute Gasteiger partial charge is 0.398 e. The summed E-state index contributed by atoms with van der Waals surface area (Å²) in [5.74, 6) is 0. The van der Waals surface area contributed by atoms with Crippen LogP contribution in [0.4, 0.5) is 0 Å². The first-order valence-corrected chi connectivity index (χ1v) is 8.96. The first-order valence-electron chi connectivity index (χ1n) is 8.96. The van der Waals surface area contributed by atoms with E-state index in [1.807, 2.05) is 13.1 Å². The predicted molar refractivity (Wildman–Crippen MR) is 117 cm³/mol. The van der Waals surface area contributed by atoms with Crippen molar-refractivity contribution in [1.29, 1.82) is 5.41 Å². The molecule has 0 saturated carbocycles. The Labute approximate surface area is 169 Å². The number of fused-ring (bicyclic) bond motifs is 1. The number of pyridine rings is 1. The van der Waals surface area contributed by atoms with Crippen molar-refractivity contribution in [3.05, 3.63) is 59.2 Å². The second kappa shape index (κ2) is 10.1. The smallest absolute Gasteiger partial charge is 0.151 e. The van der Waals surface area contributed by atoms with Gasteiger partial charge in [0.1, 0.15) is 5.65 Å². The van der Waals surface area contributed by atoms with E-state index in [-0.39, 0.29) is 12.3 Å². The van der Waals surface area contributed by atoms with Crippen LogP contribution in [0.25, 0.3) is 5.65 Å². The number of allylic oxidation sites excluding steroid dienone is 2. The fraction of sp³-hybridized carbons (Fsp3) is 0.250. The molecule has 0 amide bonds. The molecule has 9 nitrogen and oxygen atoms in total. The van der Waals surface area contributed by atoms with Crippen molar-refractivity contribution in [2.75, 3.05) is 13.6 Å². The Kier molecular flexibility index (Phi) is 7.55. The van der Waals surface area contributed by atoms with Crippen LogP contribution < -0.4 is 11.5 Å². The summed E-state index contributed by atoms with van der Waals surface area (Å²) in [6, 6.07) is 2.82. The molecular weight excluding hydrogens is 368 g/mol. The van der Waals surface area contributed by atoms with Gasteiger partial charge in [-0.3, -0.25) is 14.8 Å². The van der Waals surface area contributed by atoms with E-state index in [1.54, 1.807) is 46.9 Å². The number of imidazole rings is 1. The fourth-order valence-corrected chi connectivity index (χ4v) is 2.78. The average molecular weight is 394 g/mol. The number of hydrazone groups is 1. The number of carbonyl (C=O) groups is 1. The number of carbonyl (C=O) groups excluding carboxylic acids is 1. The molecule has 2 heterocycles. The van der Waals surface area contributed by atoms with Crippen molar-refractivity contribution in [1.82, 2.24) is 14.4 Å². The normalized spacial score (nSPS) is 13.6. The van der Waals surface area contributed by atoms with Gasteiger partial charge in [-0.1, -0.05) is 6.08 Å². The average Bonchev–Trinajstić information content (AvgIpc) is 3.12. The molecule has 0 aliphatic heterocycles. The van der Waals surface area contributed by atoms with E-state index in [4.69, 9.17) is 16.9 Å². The maximum Gasteiger partial charge on any atom is 0.151 e. The van der Waals surface area contributed by atoms with Gasteiger partial charge in [-0.25, -0.2) is 4.98 Å². The standard InChI is InChI=1S/C20H26N8O/c1-4-5-17(21)16(8-24-2)20(23)18(22)12-28(25-3)11-15-10-27-9-14(13-29)6-7-19(27)26-15/h4-10,13,18,23H,3,11-12,21-22H2,1-2H3/b5-4-,17-16+,23-20?,24-8-. The van der Waals surface area contributed by atoms with E-state index < -0.39 is 6.04 Å². The topological polar surface area (TPSA) is 138 Å². The van der Waals surface area contributed by atoms with Gasteiger partial charge in [0, 0.05) is 49.2 Å². The highest BCUT2D eigenvalue weighted by molar-refractivity contribution is 6.17. The third-order valence-electron chi connectivity index (χ3n) is 4.19. The van der Waals surface area contributed by atoms with E-state index in [2.05, 4.69) is 21.8 Å². The Balaban J connectivity index is 2.16. The molecule has 1 unspecified atom stereocenters. The van der Waals surface area contributed by atoms with Gasteiger partial charge in [-0.2, -0.15) is 5.10 Å². The summed E-state index contributed by atoms with van der Waals surface area (Å²) in [7, 11) is 1.61. The number of rotatable bonds is 10. The maximum absolute atomic E-state index is 10.9. The molecule has 29 heavy (non-hydrogen) atoms. The molecule has 1 atom stereocenters. The van der Waals surface area contributed by atoms with Gasteiger partial charge in [-0.15, -0.1) is 0 Å². The highest BCUT2D eigenvalue weighted by Crippen LogP contribution is 2.11. The van der Waals surface area contributed by atoms with Crippen LogP contribution in [0, 0.1) is 5.41 Å². The summed E-state index contributed by atoms with van der Waals surface area (Å²) >= 11 is 0. The monoisotopic (exact) mass is 394 g/mol. The molecule has 5 N–H and O–H groups in total. The minimum atomic E-state index is -0.656. The Morgan fingerprint density at radius 3 is 2.83 bits per heavy atom. The summed E-state index contributed by atoms with van der Waals surface area (Å²) in [4.78, 5) is 19.4. The molecule has 0 spiro atoms. The fourth-order valence-electron chi connectivity index (χ4n) is 2.78. The Morgan fingerprint density at radius 1 is 1.45 bits per heavy atom. The molecule has 0 aromatic carbocycles. The molecule has 0 aliphatic rings. The highest BCUT2D eigenvalue weighted by Gasteiger charge is 2.18. The lowest BCUT2D eigenvalue weighted by atomic mass is 10.0. The van der Waals surface area contributed by atoms with Gasteiger partial charge in [0.2, 0.25) is 0 Å². The predicted octanol–water partition coefficient (Wildman–Crippen LogP) is 1.40. The quantitative estimate of drug-likeness (QED) is 0.242. The van der Waals surface area contributed by atoms with E-state index in [0.29, 0.717) is 23.4 Å². The van der Waals surface area contributed by atoms with Crippen LogP contribution >= 0.6 is 0 Å². The first-order chi connectivity index (χ1) is 13.9. The Bertz CT molecular complexity index is 986. The first kappa shape index (κ1) is 21.7. The molecule has 2 aromatic heterocycles. The van der Waals surface area contributed by atoms with Gasteiger partial charge in [-0.05, 0) is 25.1 Å². The van der Waals surface area contributed by atoms with Crippen molar-refractivity contribution in [2.45, 2.75) is 19.5 Å². The van der Waals surface area contributed by atoms with E-state index >= 15 is 0 Å². The maximum atomic E-state index is 10.9. The number of hydrogen-bond acceptors (Lipinski definition) is 8. The minimum absolute atomic E-state index is 0.158. The van der Waals surface area contributed by atoms with Crippen LogP contribution in [-0.2, 0) is 6.54 Å². The Hall–Kier alpha value is -3.59. The van der Waals surface area contributed by atoms with Crippen molar-refractivity contribution in [3.63, 3.8) is 0 Å². The molecular formula is C20H26N8O. The van der Waals surface area contributed by atoms with Crippen LogP contribution in [0.1, 0.15) is 23.0 Å². The lowest BCUT2D eigenvalue weighted by molar-refractivity contribution is 0.112. The van der Waals surface area contributed by atoms with Crippen LogP contribution in [0.15, 0.2) is 58.0 Å².